The van der Waals surface area contributed by atoms with Gasteiger partial charge in [0.15, 0.2) is 0 Å². The average molecular weight is 216 g/mol. The lowest BCUT2D eigenvalue weighted by Crippen LogP contribution is -1.97. The van der Waals surface area contributed by atoms with Gasteiger partial charge in [-0.25, -0.2) is 0 Å². The Morgan fingerprint density at radius 3 is 2.62 bits per heavy atom. The number of aliphatic hydroxyl groups excluding tert-OH is 1. The first kappa shape index (κ1) is 11.4. The molecule has 0 bridgehead atoms. The minimum Gasteiger partial charge on any atom is -0.396 e. The van der Waals surface area contributed by atoms with E-state index in [4.69, 9.17) is 5.11 Å². The Hall–Kier alpha value is -1.08. The summed E-state index contributed by atoms with van der Waals surface area (Å²) in [5.41, 5.74) is 5.87. The molecule has 0 amide bonds. The highest BCUT2D eigenvalue weighted by Crippen LogP contribution is 2.43. The lowest BCUT2D eigenvalue weighted by atomic mass is 9.91. The number of benzene rings is 1. The molecule has 1 atom stereocenters. The summed E-state index contributed by atoms with van der Waals surface area (Å²) in [6, 6.07) is 8.72. The van der Waals surface area contributed by atoms with Gasteiger partial charge in [0.1, 0.15) is 0 Å². The summed E-state index contributed by atoms with van der Waals surface area (Å²) < 4.78 is 0. The molecule has 0 aliphatic heterocycles. The molecule has 0 radical (unpaired) electrons. The van der Waals surface area contributed by atoms with Crippen molar-refractivity contribution in [2.45, 2.75) is 39.0 Å². The summed E-state index contributed by atoms with van der Waals surface area (Å²) >= 11 is 0. The van der Waals surface area contributed by atoms with E-state index in [9.17, 15) is 0 Å². The van der Waals surface area contributed by atoms with Crippen molar-refractivity contribution in [2.75, 3.05) is 6.61 Å². The van der Waals surface area contributed by atoms with E-state index in [0.717, 1.165) is 12.8 Å². The molecule has 1 N–H and O–H groups in total. The molecule has 2 rings (SSSR count). The van der Waals surface area contributed by atoms with Gasteiger partial charge in [-0.15, -0.1) is 0 Å². The molecule has 1 aliphatic rings. The minimum atomic E-state index is 0.316. The quantitative estimate of drug-likeness (QED) is 0.760. The summed E-state index contributed by atoms with van der Waals surface area (Å²) in [7, 11) is 0. The number of hydrogen-bond acceptors (Lipinski definition) is 1. The van der Waals surface area contributed by atoms with Gasteiger partial charge >= 0.3 is 0 Å². The van der Waals surface area contributed by atoms with Gasteiger partial charge in [-0.2, -0.15) is 0 Å². The van der Waals surface area contributed by atoms with Crippen LogP contribution in [0.2, 0.25) is 0 Å². The molecule has 16 heavy (non-hydrogen) atoms. The van der Waals surface area contributed by atoms with E-state index in [0.29, 0.717) is 12.5 Å². The van der Waals surface area contributed by atoms with Gasteiger partial charge in [-0.1, -0.05) is 36.3 Å². The van der Waals surface area contributed by atoms with Crippen LogP contribution in [0.4, 0.5) is 0 Å². The second-order valence-electron chi connectivity index (χ2n) is 4.67. The molecule has 1 nitrogen and oxygen atoms in total. The molecule has 0 fully saturated rings. The maximum absolute atomic E-state index is 8.84. The summed E-state index contributed by atoms with van der Waals surface area (Å²) in [5.74, 6) is 0.586. The average Bonchev–Trinajstić information content (AvgIpc) is 2.55. The first-order valence-corrected chi connectivity index (χ1v) is 6.13. The Kier molecular flexibility index (Phi) is 3.45. The summed E-state index contributed by atoms with van der Waals surface area (Å²) in [6.45, 7) is 4.79. The molecule has 86 valence electrons. The Balaban J connectivity index is 2.20. The van der Waals surface area contributed by atoms with Crippen LogP contribution < -0.4 is 0 Å². The molecular weight excluding hydrogens is 196 g/mol. The van der Waals surface area contributed by atoms with Crippen molar-refractivity contribution < 1.29 is 5.11 Å². The number of allylic oxidation sites excluding steroid dienone is 2. The van der Waals surface area contributed by atoms with Gasteiger partial charge in [-0.05, 0) is 43.4 Å². The molecule has 0 spiro atoms. The number of hydrogen-bond donors (Lipinski definition) is 1. The zero-order valence-electron chi connectivity index (χ0n) is 10.2. The van der Waals surface area contributed by atoms with Gasteiger partial charge < -0.3 is 5.11 Å². The van der Waals surface area contributed by atoms with Crippen LogP contribution in [0.1, 0.15) is 50.2 Å². The highest BCUT2D eigenvalue weighted by molar-refractivity contribution is 5.76. The third-order valence-corrected chi connectivity index (χ3v) is 3.76. The molecule has 1 unspecified atom stereocenters. The van der Waals surface area contributed by atoms with Crippen molar-refractivity contribution in [3.8, 4) is 0 Å². The van der Waals surface area contributed by atoms with Crippen LogP contribution in [0.5, 0.6) is 0 Å². The van der Waals surface area contributed by atoms with Crippen molar-refractivity contribution in [1.82, 2.24) is 0 Å². The normalized spacial score (nSPS) is 19.1. The predicted octanol–water partition coefficient (Wildman–Crippen LogP) is 3.74. The van der Waals surface area contributed by atoms with Crippen molar-refractivity contribution in [1.29, 1.82) is 0 Å². The molecule has 1 aliphatic carbocycles. The molecule has 1 aromatic rings. The Labute approximate surface area is 97.8 Å². The smallest absolute Gasteiger partial charge is 0.0431 e. The zero-order chi connectivity index (χ0) is 11.5. The van der Waals surface area contributed by atoms with E-state index in [-0.39, 0.29) is 0 Å². The number of aliphatic hydroxyl groups is 1. The monoisotopic (exact) mass is 216 g/mol. The largest absolute Gasteiger partial charge is 0.396 e. The van der Waals surface area contributed by atoms with Crippen LogP contribution in [-0.4, -0.2) is 11.7 Å². The maximum Gasteiger partial charge on any atom is 0.0431 e. The first-order chi connectivity index (χ1) is 7.75. The number of unbranched alkanes of at least 4 members (excludes halogenated alkanes) is 1. The van der Waals surface area contributed by atoms with Gasteiger partial charge in [0, 0.05) is 12.5 Å². The highest BCUT2D eigenvalue weighted by atomic mass is 16.2. The Morgan fingerprint density at radius 2 is 1.88 bits per heavy atom. The second-order valence-corrected chi connectivity index (χ2v) is 4.67. The van der Waals surface area contributed by atoms with E-state index in [1.165, 1.54) is 28.7 Å². The van der Waals surface area contributed by atoms with Crippen molar-refractivity contribution >= 4 is 5.57 Å². The van der Waals surface area contributed by atoms with Gasteiger partial charge in [0.25, 0.3) is 0 Å². The number of fused-ring (bicyclic) bond motifs is 1. The highest BCUT2D eigenvalue weighted by Gasteiger charge is 2.25. The standard InChI is InChI=1S/C15H20O/c1-11-12(2)14(8-5-6-10-16)15-9-4-3-7-13(11)15/h3-4,7,9,14,16H,5-6,8,10H2,1-2H3. The van der Waals surface area contributed by atoms with Crippen molar-refractivity contribution in [3.63, 3.8) is 0 Å². The summed E-state index contributed by atoms with van der Waals surface area (Å²) in [4.78, 5) is 0. The molecule has 0 heterocycles. The van der Waals surface area contributed by atoms with Crippen LogP contribution in [0.15, 0.2) is 29.8 Å². The van der Waals surface area contributed by atoms with E-state index in [1.807, 2.05) is 0 Å². The first-order valence-electron chi connectivity index (χ1n) is 6.13. The van der Waals surface area contributed by atoms with E-state index >= 15 is 0 Å². The van der Waals surface area contributed by atoms with Crippen LogP contribution in [-0.2, 0) is 0 Å². The molecule has 1 heteroatoms. The lowest BCUT2D eigenvalue weighted by Gasteiger charge is -2.13. The van der Waals surface area contributed by atoms with E-state index in [2.05, 4.69) is 38.1 Å². The molecule has 1 aromatic carbocycles. The van der Waals surface area contributed by atoms with E-state index in [1.54, 1.807) is 0 Å². The van der Waals surface area contributed by atoms with E-state index < -0.39 is 0 Å². The topological polar surface area (TPSA) is 20.2 Å². The molecular formula is C15H20O. The van der Waals surface area contributed by atoms with Crippen molar-refractivity contribution in [2.24, 2.45) is 0 Å². The fourth-order valence-corrected chi connectivity index (χ4v) is 2.68. The Morgan fingerprint density at radius 1 is 1.12 bits per heavy atom. The van der Waals surface area contributed by atoms with Gasteiger partial charge in [-0.3, -0.25) is 0 Å². The second kappa shape index (κ2) is 4.84. The Bertz CT molecular complexity index is 404. The fraction of sp³-hybridized carbons (Fsp3) is 0.467. The molecule has 0 saturated carbocycles. The van der Waals surface area contributed by atoms with Crippen LogP contribution >= 0.6 is 0 Å². The van der Waals surface area contributed by atoms with Gasteiger partial charge in [0.05, 0.1) is 0 Å². The maximum atomic E-state index is 8.84. The third-order valence-electron chi connectivity index (χ3n) is 3.76. The van der Waals surface area contributed by atoms with Gasteiger partial charge in [0.2, 0.25) is 0 Å². The predicted molar refractivity (Wildman–Crippen MR) is 68.4 cm³/mol. The fourth-order valence-electron chi connectivity index (χ4n) is 2.68. The SMILES string of the molecule is CC1=C(C)C(CCCCO)c2ccccc21. The summed E-state index contributed by atoms with van der Waals surface area (Å²) in [6.07, 6.45) is 3.20. The molecule has 0 aromatic heterocycles. The third kappa shape index (κ3) is 1.92. The van der Waals surface area contributed by atoms with Crippen LogP contribution in [0, 0.1) is 0 Å². The van der Waals surface area contributed by atoms with Crippen LogP contribution in [0.3, 0.4) is 0 Å². The van der Waals surface area contributed by atoms with Crippen molar-refractivity contribution in [3.05, 3.63) is 41.0 Å². The minimum absolute atomic E-state index is 0.316. The molecule has 0 saturated heterocycles. The summed E-state index contributed by atoms with van der Waals surface area (Å²) in [5, 5.41) is 8.84. The zero-order valence-corrected chi connectivity index (χ0v) is 10.2. The van der Waals surface area contributed by atoms with Crippen LogP contribution in [0.25, 0.3) is 5.57 Å². The number of rotatable bonds is 4. The lowest BCUT2D eigenvalue weighted by molar-refractivity contribution is 0.282.